The van der Waals surface area contributed by atoms with Gasteiger partial charge in [0.15, 0.2) is 0 Å². The van der Waals surface area contributed by atoms with Gasteiger partial charge in [0.1, 0.15) is 0 Å². The summed E-state index contributed by atoms with van der Waals surface area (Å²) in [6, 6.07) is 1.29. The Balaban J connectivity index is 2.55. The highest BCUT2D eigenvalue weighted by molar-refractivity contribution is 4.79. The van der Waals surface area contributed by atoms with Gasteiger partial charge in [0, 0.05) is 32.3 Å². The fourth-order valence-electron chi connectivity index (χ4n) is 2.70. The second-order valence-corrected chi connectivity index (χ2v) is 5.42. The van der Waals surface area contributed by atoms with E-state index in [0.717, 1.165) is 19.1 Å². The second-order valence-electron chi connectivity index (χ2n) is 5.42. The maximum absolute atomic E-state index is 5.35. The lowest BCUT2D eigenvalue weighted by Gasteiger charge is -2.36. The van der Waals surface area contributed by atoms with Gasteiger partial charge >= 0.3 is 0 Å². The molecule has 0 aromatic carbocycles. The van der Waals surface area contributed by atoms with Gasteiger partial charge in [-0.1, -0.05) is 20.8 Å². The highest BCUT2D eigenvalue weighted by Crippen LogP contribution is 2.14. The van der Waals surface area contributed by atoms with Crippen LogP contribution in [0.5, 0.6) is 0 Å². The van der Waals surface area contributed by atoms with Crippen molar-refractivity contribution in [2.75, 3.05) is 33.4 Å². The Hall–Kier alpha value is -0.120. The van der Waals surface area contributed by atoms with Gasteiger partial charge in [-0.2, -0.15) is 0 Å². The molecule has 3 nitrogen and oxygen atoms in total. The van der Waals surface area contributed by atoms with Crippen molar-refractivity contribution in [1.82, 2.24) is 10.2 Å². The van der Waals surface area contributed by atoms with Gasteiger partial charge in [-0.15, -0.1) is 0 Å². The molecule has 0 aliphatic carbocycles. The minimum Gasteiger partial charge on any atom is -0.383 e. The lowest BCUT2D eigenvalue weighted by molar-refractivity contribution is 0.0689. The normalized spacial score (nSPS) is 29.6. The third-order valence-corrected chi connectivity index (χ3v) is 3.91. The van der Waals surface area contributed by atoms with Crippen LogP contribution in [0.2, 0.25) is 0 Å². The number of methoxy groups -OCH3 is 1. The van der Waals surface area contributed by atoms with E-state index in [1.165, 1.54) is 32.4 Å². The predicted octanol–water partition coefficient (Wildman–Crippen LogP) is 2.12. The Morgan fingerprint density at radius 2 is 2.18 bits per heavy atom. The van der Waals surface area contributed by atoms with Gasteiger partial charge < -0.3 is 10.1 Å². The average molecular weight is 242 g/mol. The number of hydrogen-bond acceptors (Lipinski definition) is 3. The monoisotopic (exact) mass is 242 g/mol. The SMILES string of the molecule is CCC1CCN(C(CC)COC)CC(C)CN1. The number of nitrogens with zero attached hydrogens (tertiary/aromatic N) is 1. The highest BCUT2D eigenvalue weighted by Gasteiger charge is 2.22. The fourth-order valence-corrected chi connectivity index (χ4v) is 2.70. The van der Waals surface area contributed by atoms with Gasteiger partial charge in [-0.3, -0.25) is 4.90 Å². The van der Waals surface area contributed by atoms with E-state index in [4.69, 9.17) is 4.74 Å². The van der Waals surface area contributed by atoms with E-state index < -0.39 is 0 Å². The molecular weight excluding hydrogens is 212 g/mol. The molecule has 0 bridgehead atoms. The van der Waals surface area contributed by atoms with Crippen LogP contribution < -0.4 is 5.32 Å². The number of hydrogen-bond donors (Lipinski definition) is 1. The maximum Gasteiger partial charge on any atom is 0.0617 e. The van der Waals surface area contributed by atoms with Crippen LogP contribution in [0.1, 0.15) is 40.0 Å². The van der Waals surface area contributed by atoms with Crippen LogP contribution in [0.25, 0.3) is 0 Å². The Kier molecular flexibility index (Phi) is 7.09. The van der Waals surface area contributed by atoms with E-state index in [2.05, 4.69) is 31.0 Å². The molecule has 0 radical (unpaired) electrons. The smallest absolute Gasteiger partial charge is 0.0617 e. The molecule has 1 aliphatic rings. The summed E-state index contributed by atoms with van der Waals surface area (Å²) < 4.78 is 5.35. The molecule has 0 amide bonds. The van der Waals surface area contributed by atoms with E-state index in [1.807, 2.05) is 7.11 Å². The highest BCUT2D eigenvalue weighted by atomic mass is 16.5. The van der Waals surface area contributed by atoms with Crippen LogP contribution in [0.15, 0.2) is 0 Å². The zero-order valence-electron chi connectivity index (χ0n) is 12.0. The topological polar surface area (TPSA) is 24.5 Å². The lowest BCUT2D eigenvalue weighted by Crippen LogP contribution is -2.48. The van der Waals surface area contributed by atoms with E-state index in [-0.39, 0.29) is 0 Å². The first-order valence-electron chi connectivity index (χ1n) is 7.17. The third-order valence-electron chi connectivity index (χ3n) is 3.91. The van der Waals surface area contributed by atoms with Crippen molar-refractivity contribution in [3.8, 4) is 0 Å². The van der Waals surface area contributed by atoms with Crippen molar-refractivity contribution in [3.63, 3.8) is 0 Å². The molecule has 1 aliphatic heterocycles. The fraction of sp³-hybridized carbons (Fsp3) is 1.00. The standard InChI is InChI=1S/C14H30N2O/c1-5-13-7-8-16(10-12(3)9-15-13)14(6-2)11-17-4/h12-15H,5-11H2,1-4H3. The van der Waals surface area contributed by atoms with Gasteiger partial charge in [-0.05, 0) is 31.7 Å². The molecule has 0 aromatic heterocycles. The van der Waals surface area contributed by atoms with Crippen LogP contribution >= 0.6 is 0 Å². The quantitative estimate of drug-likeness (QED) is 0.799. The molecule has 1 N–H and O–H groups in total. The van der Waals surface area contributed by atoms with Crippen LogP contribution in [0.4, 0.5) is 0 Å². The summed E-state index contributed by atoms with van der Waals surface area (Å²) in [4.78, 5) is 2.64. The van der Waals surface area contributed by atoms with Gasteiger partial charge in [0.25, 0.3) is 0 Å². The molecule has 0 spiro atoms. The van der Waals surface area contributed by atoms with E-state index in [1.54, 1.807) is 0 Å². The van der Waals surface area contributed by atoms with Crippen LogP contribution in [0.3, 0.4) is 0 Å². The van der Waals surface area contributed by atoms with Crippen molar-refractivity contribution < 1.29 is 4.74 Å². The minimum atomic E-state index is 0.595. The molecule has 102 valence electrons. The van der Waals surface area contributed by atoms with Gasteiger partial charge in [0.05, 0.1) is 6.61 Å². The maximum atomic E-state index is 5.35. The van der Waals surface area contributed by atoms with Crippen LogP contribution in [-0.4, -0.2) is 50.3 Å². The summed E-state index contributed by atoms with van der Waals surface area (Å²) in [7, 11) is 1.81. The first-order chi connectivity index (χ1) is 8.21. The van der Waals surface area contributed by atoms with Crippen molar-refractivity contribution in [3.05, 3.63) is 0 Å². The molecule has 0 saturated carbocycles. The summed E-state index contributed by atoms with van der Waals surface area (Å²) in [5.41, 5.74) is 0. The van der Waals surface area contributed by atoms with E-state index in [0.29, 0.717) is 12.1 Å². The largest absolute Gasteiger partial charge is 0.383 e. The third kappa shape index (κ3) is 4.94. The Morgan fingerprint density at radius 1 is 1.41 bits per heavy atom. The molecule has 1 saturated heterocycles. The zero-order valence-corrected chi connectivity index (χ0v) is 12.0. The Bertz CT molecular complexity index is 199. The molecule has 0 aromatic rings. The average Bonchev–Trinajstić information content (AvgIpc) is 2.32. The molecular formula is C14H30N2O. The molecule has 17 heavy (non-hydrogen) atoms. The molecule has 3 heteroatoms. The van der Waals surface area contributed by atoms with Crippen molar-refractivity contribution in [1.29, 1.82) is 0 Å². The number of rotatable bonds is 5. The summed E-state index contributed by atoms with van der Waals surface area (Å²) in [6.07, 6.45) is 3.69. The van der Waals surface area contributed by atoms with Crippen molar-refractivity contribution in [2.24, 2.45) is 5.92 Å². The molecule has 1 rings (SSSR count). The van der Waals surface area contributed by atoms with Gasteiger partial charge in [-0.25, -0.2) is 0 Å². The van der Waals surface area contributed by atoms with Gasteiger partial charge in [0.2, 0.25) is 0 Å². The molecule has 3 unspecified atom stereocenters. The van der Waals surface area contributed by atoms with Crippen molar-refractivity contribution >= 4 is 0 Å². The first-order valence-corrected chi connectivity index (χ1v) is 7.17. The summed E-state index contributed by atoms with van der Waals surface area (Å²) in [5, 5.41) is 3.67. The zero-order chi connectivity index (χ0) is 12.7. The number of nitrogens with one attached hydrogen (secondary N) is 1. The number of ether oxygens (including phenoxy) is 1. The molecule has 1 fully saturated rings. The summed E-state index contributed by atoms with van der Waals surface area (Å²) >= 11 is 0. The predicted molar refractivity (Wildman–Crippen MR) is 73.4 cm³/mol. The molecule has 1 heterocycles. The Morgan fingerprint density at radius 3 is 2.76 bits per heavy atom. The lowest BCUT2D eigenvalue weighted by atomic mass is 10.0. The van der Waals surface area contributed by atoms with E-state index in [9.17, 15) is 0 Å². The second kappa shape index (κ2) is 8.06. The first kappa shape index (κ1) is 14.9. The van der Waals surface area contributed by atoms with E-state index >= 15 is 0 Å². The van der Waals surface area contributed by atoms with Crippen LogP contribution in [-0.2, 0) is 4.74 Å². The Labute approximate surface area is 107 Å². The summed E-state index contributed by atoms with van der Waals surface area (Å²) in [6.45, 7) is 11.3. The minimum absolute atomic E-state index is 0.595. The molecule has 3 atom stereocenters. The van der Waals surface area contributed by atoms with Crippen LogP contribution in [0, 0.1) is 5.92 Å². The summed E-state index contributed by atoms with van der Waals surface area (Å²) in [5.74, 6) is 0.732. The van der Waals surface area contributed by atoms with Crippen molar-refractivity contribution in [2.45, 2.75) is 52.1 Å².